The number of hydrogen-bond acceptors (Lipinski definition) is 1. The molecule has 0 aromatic rings. The number of rotatable bonds is 2. The van der Waals surface area contributed by atoms with Gasteiger partial charge in [0.25, 0.3) is 0 Å². The van der Waals surface area contributed by atoms with Gasteiger partial charge in [-0.2, -0.15) is 0 Å². The van der Waals surface area contributed by atoms with E-state index in [0.29, 0.717) is 0 Å². The molecular weight excluding hydrogens is 100 g/mol. The zero-order valence-corrected chi connectivity index (χ0v) is 5.05. The van der Waals surface area contributed by atoms with Crippen LogP contribution in [0.3, 0.4) is 0 Å². The average molecular weight is 110 g/mol. The molecule has 1 fully saturated rings. The zero-order chi connectivity index (χ0) is 5.82. The van der Waals surface area contributed by atoms with Crippen LogP contribution in [0.1, 0.15) is 12.8 Å². The minimum Gasteiger partial charge on any atom is -0.496 e. The van der Waals surface area contributed by atoms with Crippen molar-refractivity contribution >= 4 is 0 Å². The molecule has 44 valence electrons. The summed E-state index contributed by atoms with van der Waals surface area (Å²) >= 11 is 0. The highest BCUT2D eigenvalue weighted by molar-refractivity contribution is 4.94. The van der Waals surface area contributed by atoms with Gasteiger partial charge in [0.05, 0.1) is 7.11 Å². The molecule has 1 heteroatoms. The Hall–Kier alpha value is -0.680. The second-order valence-electron chi connectivity index (χ2n) is 2.02. The second-order valence-corrected chi connectivity index (χ2v) is 2.02. The molecule has 1 saturated carbocycles. The van der Waals surface area contributed by atoms with E-state index in [4.69, 9.17) is 0 Å². The van der Waals surface area contributed by atoms with Gasteiger partial charge in [-0.05, 0) is 24.8 Å². The lowest BCUT2D eigenvalue weighted by Crippen LogP contribution is -1.60. The summed E-state index contributed by atoms with van der Waals surface area (Å²) in [7, 11) is 1.63. The number of allylic oxidation sites excluding steroid dienone is 1. The quantitative estimate of drug-likeness (QED) is 0.388. The van der Waals surface area contributed by atoms with Gasteiger partial charge < -0.3 is 4.74 Å². The van der Waals surface area contributed by atoms with Crippen molar-refractivity contribution in [3.63, 3.8) is 0 Å². The van der Waals surface area contributed by atoms with E-state index in [1.165, 1.54) is 12.8 Å². The van der Waals surface area contributed by atoms with Crippen LogP contribution in [0.5, 0.6) is 0 Å². The molecule has 0 unspecified atom stereocenters. The third kappa shape index (κ3) is 1.85. The van der Waals surface area contributed by atoms with Gasteiger partial charge in [-0.25, -0.2) is 0 Å². The lowest BCUT2D eigenvalue weighted by atomic mass is 10.4. The summed E-state index contributed by atoms with van der Waals surface area (Å²) in [5.41, 5.74) is 2.92. The van der Waals surface area contributed by atoms with E-state index in [2.05, 4.69) is 16.5 Å². The molecule has 0 bridgehead atoms. The van der Waals surface area contributed by atoms with Crippen LogP contribution >= 0.6 is 0 Å². The van der Waals surface area contributed by atoms with Crippen LogP contribution < -0.4 is 0 Å². The molecule has 0 saturated heterocycles. The number of ether oxygens (including phenoxy) is 1. The normalized spacial score (nSPS) is 16.6. The minimum absolute atomic E-state index is 0.807. The van der Waals surface area contributed by atoms with Crippen molar-refractivity contribution in [2.45, 2.75) is 12.8 Å². The van der Waals surface area contributed by atoms with Gasteiger partial charge in [0.2, 0.25) is 0 Å². The van der Waals surface area contributed by atoms with Crippen LogP contribution in [-0.4, -0.2) is 7.11 Å². The van der Waals surface area contributed by atoms with E-state index >= 15 is 0 Å². The molecule has 0 atom stereocenters. The van der Waals surface area contributed by atoms with Crippen LogP contribution in [0.2, 0.25) is 0 Å². The molecule has 0 spiro atoms. The first-order chi connectivity index (χ1) is 3.93. The standard InChI is InChI=1S/C7H10O/c1-8-6-2-3-7-4-5-7/h3,6-7H,4-5H2,1H3. The predicted molar refractivity (Wildman–Crippen MR) is 32.4 cm³/mol. The van der Waals surface area contributed by atoms with Crippen molar-refractivity contribution in [1.29, 1.82) is 0 Å². The zero-order valence-electron chi connectivity index (χ0n) is 5.05. The van der Waals surface area contributed by atoms with E-state index in [9.17, 15) is 0 Å². The van der Waals surface area contributed by atoms with Crippen molar-refractivity contribution in [2.24, 2.45) is 5.92 Å². The molecule has 8 heavy (non-hydrogen) atoms. The summed E-state index contributed by atoms with van der Waals surface area (Å²) in [5.74, 6) is 0.807. The first-order valence-electron chi connectivity index (χ1n) is 2.87. The first kappa shape index (κ1) is 5.46. The highest BCUT2D eigenvalue weighted by atomic mass is 16.5. The van der Waals surface area contributed by atoms with Crippen molar-refractivity contribution in [3.05, 3.63) is 18.1 Å². The third-order valence-corrected chi connectivity index (χ3v) is 1.14. The molecule has 0 radical (unpaired) electrons. The van der Waals surface area contributed by atoms with Gasteiger partial charge in [0.15, 0.2) is 0 Å². The van der Waals surface area contributed by atoms with Crippen molar-refractivity contribution < 1.29 is 4.74 Å². The van der Waals surface area contributed by atoms with E-state index < -0.39 is 0 Å². The Labute approximate surface area is 49.7 Å². The fourth-order valence-corrected chi connectivity index (χ4v) is 0.506. The largest absolute Gasteiger partial charge is 0.496 e. The Morgan fingerprint density at radius 1 is 1.62 bits per heavy atom. The maximum Gasteiger partial charge on any atom is 0.124 e. The lowest BCUT2D eigenvalue weighted by molar-refractivity contribution is 0.339. The number of methoxy groups -OCH3 is 1. The van der Waals surface area contributed by atoms with E-state index in [1.54, 1.807) is 13.4 Å². The second kappa shape index (κ2) is 2.58. The minimum atomic E-state index is 0.807. The summed E-state index contributed by atoms with van der Waals surface area (Å²) in [4.78, 5) is 0. The molecule has 0 aromatic carbocycles. The summed E-state index contributed by atoms with van der Waals surface area (Å²) in [5, 5.41) is 0. The molecular formula is C7H10O. The molecule has 0 amide bonds. The summed E-state index contributed by atoms with van der Waals surface area (Å²) in [6.45, 7) is 0. The molecule has 1 nitrogen and oxygen atoms in total. The lowest BCUT2D eigenvalue weighted by Gasteiger charge is -1.76. The SMILES string of the molecule is COC=C=CC1CC1. The smallest absolute Gasteiger partial charge is 0.124 e. The van der Waals surface area contributed by atoms with Crippen molar-refractivity contribution in [1.82, 2.24) is 0 Å². The highest BCUT2D eigenvalue weighted by Crippen LogP contribution is 2.29. The van der Waals surface area contributed by atoms with Gasteiger partial charge in [-0.15, -0.1) is 0 Å². The van der Waals surface area contributed by atoms with Crippen LogP contribution in [0.15, 0.2) is 18.1 Å². The van der Waals surface area contributed by atoms with E-state index in [-0.39, 0.29) is 0 Å². The van der Waals surface area contributed by atoms with Crippen LogP contribution in [-0.2, 0) is 4.74 Å². The summed E-state index contributed by atoms with van der Waals surface area (Å²) < 4.78 is 4.65. The van der Waals surface area contributed by atoms with Gasteiger partial charge >= 0.3 is 0 Å². The maximum atomic E-state index is 4.65. The topological polar surface area (TPSA) is 9.23 Å². The highest BCUT2D eigenvalue weighted by Gasteiger charge is 2.16. The molecule has 1 aliphatic carbocycles. The van der Waals surface area contributed by atoms with Gasteiger partial charge in [0.1, 0.15) is 6.26 Å². The molecule has 1 aliphatic rings. The van der Waals surface area contributed by atoms with Crippen LogP contribution in [0.25, 0.3) is 0 Å². The van der Waals surface area contributed by atoms with Crippen molar-refractivity contribution in [3.8, 4) is 0 Å². The van der Waals surface area contributed by atoms with Crippen molar-refractivity contribution in [2.75, 3.05) is 7.11 Å². The van der Waals surface area contributed by atoms with Gasteiger partial charge in [-0.3, -0.25) is 0 Å². The van der Waals surface area contributed by atoms with Crippen LogP contribution in [0, 0.1) is 5.92 Å². The average Bonchev–Trinajstić information content (AvgIpc) is 2.51. The Balaban J connectivity index is 2.21. The Morgan fingerprint density at radius 2 is 2.38 bits per heavy atom. The summed E-state index contributed by atoms with van der Waals surface area (Å²) in [6.07, 6.45) is 6.32. The van der Waals surface area contributed by atoms with Gasteiger partial charge in [0, 0.05) is 0 Å². The molecule has 0 aromatic heterocycles. The first-order valence-corrected chi connectivity index (χ1v) is 2.87. The molecule has 1 rings (SSSR count). The van der Waals surface area contributed by atoms with E-state index in [0.717, 1.165) is 5.92 Å². The Morgan fingerprint density at radius 3 is 2.88 bits per heavy atom. The fourth-order valence-electron chi connectivity index (χ4n) is 0.506. The Bertz CT molecular complexity index is 116. The molecule has 0 N–H and O–H groups in total. The molecule has 0 aliphatic heterocycles. The molecule has 0 heterocycles. The Kier molecular flexibility index (Phi) is 1.76. The van der Waals surface area contributed by atoms with E-state index in [1.807, 2.05) is 0 Å². The third-order valence-electron chi connectivity index (χ3n) is 1.14. The predicted octanol–water partition coefficient (Wildman–Crippen LogP) is 1.71. The maximum absolute atomic E-state index is 4.65. The number of hydrogen-bond donors (Lipinski definition) is 0. The fraction of sp³-hybridized carbons (Fsp3) is 0.571. The van der Waals surface area contributed by atoms with Gasteiger partial charge in [-0.1, -0.05) is 5.73 Å². The summed E-state index contributed by atoms with van der Waals surface area (Å²) in [6, 6.07) is 0. The monoisotopic (exact) mass is 110 g/mol. The van der Waals surface area contributed by atoms with Crippen LogP contribution in [0.4, 0.5) is 0 Å².